The zero-order valence-corrected chi connectivity index (χ0v) is 11.2. The van der Waals surface area contributed by atoms with Crippen molar-refractivity contribution < 1.29 is 0 Å². The van der Waals surface area contributed by atoms with Crippen LogP contribution in [0.25, 0.3) is 0 Å². The van der Waals surface area contributed by atoms with Crippen molar-refractivity contribution in [2.24, 2.45) is 0 Å². The standard InChI is InChI=1S/C10H16IN3/c1-5-12-10-8(11)9(6(2)3)13-7(4)14-10/h6H,5H2,1-4H3,(H,12,13,14). The number of aromatic nitrogens is 2. The van der Waals surface area contributed by atoms with Crippen molar-refractivity contribution in [1.82, 2.24) is 9.97 Å². The molecule has 0 aromatic carbocycles. The highest BCUT2D eigenvalue weighted by Crippen LogP contribution is 2.24. The van der Waals surface area contributed by atoms with E-state index in [0.29, 0.717) is 5.92 Å². The second kappa shape index (κ2) is 4.91. The lowest BCUT2D eigenvalue weighted by Crippen LogP contribution is -2.08. The Hall–Kier alpha value is -0.390. The predicted octanol–water partition coefficient (Wildman–Crippen LogP) is 2.94. The lowest BCUT2D eigenvalue weighted by Gasteiger charge is -2.12. The molecule has 1 heterocycles. The molecule has 0 aliphatic rings. The van der Waals surface area contributed by atoms with E-state index < -0.39 is 0 Å². The monoisotopic (exact) mass is 305 g/mol. The first-order chi connectivity index (χ1) is 6.56. The van der Waals surface area contributed by atoms with Gasteiger partial charge in [0.05, 0.1) is 9.26 Å². The van der Waals surface area contributed by atoms with Gasteiger partial charge in [-0.2, -0.15) is 0 Å². The van der Waals surface area contributed by atoms with Gasteiger partial charge in [-0.3, -0.25) is 0 Å². The number of anilines is 1. The molecule has 0 bridgehead atoms. The zero-order valence-electron chi connectivity index (χ0n) is 9.06. The summed E-state index contributed by atoms with van der Waals surface area (Å²) in [5.41, 5.74) is 1.13. The summed E-state index contributed by atoms with van der Waals surface area (Å²) in [4.78, 5) is 8.83. The van der Waals surface area contributed by atoms with E-state index in [0.717, 1.165) is 27.5 Å². The van der Waals surface area contributed by atoms with Gasteiger partial charge < -0.3 is 5.32 Å². The van der Waals surface area contributed by atoms with Gasteiger partial charge in [-0.25, -0.2) is 9.97 Å². The van der Waals surface area contributed by atoms with Crippen molar-refractivity contribution in [2.45, 2.75) is 33.6 Å². The van der Waals surface area contributed by atoms with Crippen LogP contribution < -0.4 is 5.32 Å². The van der Waals surface area contributed by atoms with E-state index >= 15 is 0 Å². The average Bonchev–Trinajstić information content (AvgIpc) is 2.10. The molecule has 0 spiro atoms. The number of nitrogens with one attached hydrogen (secondary N) is 1. The molecule has 1 N–H and O–H groups in total. The number of hydrogen-bond acceptors (Lipinski definition) is 3. The largest absolute Gasteiger partial charge is 0.369 e. The molecule has 0 unspecified atom stereocenters. The molecule has 4 heteroatoms. The van der Waals surface area contributed by atoms with Gasteiger partial charge in [0.15, 0.2) is 0 Å². The van der Waals surface area contributed by atoms with Crippen molar-refractivity contribution in [3.05, 3.63) is 15.1 Å². The van der Waals surface area contributed by atoms with Gasteiger partial charge in [0.2, 0.25) is 0 Å². The number of aryl methyl sites for hydroxylation is 1. The maximum atomic E-state index is 4.46. The number of nitrogens with zero attached hydrogens (tertiary/aromatic N) is 2. The summed E-state index contributed by atoms with van der Waals surface area (Å²) in [7, 11) is 0. The summed E-state index contributed by atoms with van der Waals surface area (Å²) in [5, 5.41) is 3.25. The molecule has 0 fully saturated rings. The number of halogens is 1. The molecule has 1 aromatic rings. The van der Waals surface area contributed by atoms with Gasteiger partial charge in [-0.15, -0.1) is 0 Å². The maximum absolute atomic E-state index is 4.46. The van der Waals surface area contributed by atoms with Gasteiger partial charge in [0, 0.05) is 6.54 Å². The second-order valence-electron chi connectivity index (χ2n) is 3.50. The highest BCUT2D eigenvalue weighted by molar-refractivity contribution is 14.1. The topological polar surface area (TPSA) is 37.8 Å². The molecule has 1 rings (SSSR count). The van der Waals surface area contributed by atoms with Crippen molar-refractivity contribution in [2.75, 3.05) is 11.9 Å². The summed E-state index contributed by atoms with van der Waals surface area (Å²) in [6.45, 7) is 9.20. The van der Waals surface area contributed by atoms with Crippen LogP contribution in [0.5, 0.6) is 0 Å². The Labute approximate surface area is 98.9 Å². The van der Waals surface area contributed by atoms with Gasteiger partial charge in [0.25, 0.3) is 0 Å². The van der Waals surface area contributed by atoms with E-state index in [9.17, 15) is 0 Å². The van der Waals surface area contributed by atoms with E-state index in [1.165, 1.54) is 0 Å². The molecule has 14 heavy (non-hydrogen) atoms. The van der Waals surface area contributed by atoms with Crippen LogP contribution in [0.4, 0.5) is 5.82 Å². The molecule has 0 amide bonds. The fourth-order valence-electron chi connectivity index (χ4n) is 1.25. The van der Waals surface area contributed by atoms with Crippen LogP contribution >= 0.6 is 22.6 Å². The van der Waals surface area contributed by atoms with E-state index in [1.807, 2.05) is 6.92 Å². The number of rotatable bonds is 3. The molecule has 0 aliphatic heterocycles. The summed E-state index contributed by atoms with van der Waals surface area (Å²) in [6.07, 6.45) is 0. The third-order valence-electron chi connectivity index (χ3n) is 1.88. The van der Waals surface area contributed by atoms with Crippen LogP contribution in [0.1, 0.15) is 38.2 Å². The number of hydrogen-bond donors (Lipinski definition) is 1. The van der Waals surface area contributed by atoms with Crippen molar-refractivity contribution >= 4 is 28.4 Å². The Morgan fingerprint density at radius 1 is 1.36 bits per heavy atom. The summed E-state index contributed by atoms with van der Waals surface area (Å²) < 4.78 is 1.14. The van der Waals surface area contributed by atoms with Crippen molar-refractivity contribution in [1.29, 1.82) is 0 Å². The van der Waals surface area contributed by atoms with Crippen molar-refractivity contribution in [3.63, 3.8) is 0 Å². The van der Waals surface area contributed by atoms with E-state index in [-0.39, 0.29) is 0 Å². The Morgan fingerprint density at radius 2 is 2.00 bits per heavy atom. The van der Waals surface area contributed by atoms with E-state index in [2.05, 4.69) is 58.6 Å². The molecular formula is C10H16IN3. The van der Waals surface area contributed by atoms with Gasteiger partial charge >= 0.3 is 0 Å². The SMILES string of the molecule is CCNc1nc(C)nc(C(C)C)c1I. The third kappa shape index (κ3) is 2.56. The minimum atomic E-state index is 0.445. The molecule has 78 valence electrons. The maximum Gasteiger partial charge on any atom is 0.143 e. The Kier molecular flexibility index (Phi) is 4.10. The summed E-state index contributed by atoms with van der Waals surface area (Å²) in [5.74, 6) is 2.25. The quantitative estimate of drug-likeness (QED) is 0.873. The molecule has 0 saturated heterocycles. The first-order valence-electron chi connectivity index (χ1n) is 4.84. The highest BCUT2D eigenvalue weighted by Gasteiger charge is 2.12. The average molecular weight is 305 g/mol. The molecule has 0 atom stereocenters. The van der Waals surface area contributed by atoms with Crippen LogP contribution in [0.3, 0.4) is 0 Å². The normalized spacial score (nSPS) is 10.7. The summed E-state index contributed by atoms with van der Waals surface area (Å²) >= 11 is 2.31. The first kappa shape index (κ1) is 11.7. The van der Waals surface area contributed by atoms with Crippen molar-refractivity contribution in [3.8, 4) is 0 Å². The molecule has 0 aliphatic carbocycles. The lowest BCUT2D eigenvalue weighted by atomic mass is 10.1. The van der Waals surface area contributed by atoms with Crippen LogP contribution in [0.15, 0.2) is 0 Å². The Balaban J connectivity index is 3.18. The minimum Gasteiger partial charge on any atom is -0.369 e. The van der Waals surface area contributed by atoms with Crippen LogP contribution in [0, 0.1) is 10.5 Å². The Bertz CT molecular complexity index is 323. The molecule has 1 aromatic heterocycles. The van der Waals surface area contributed by atoms with E-state index in [1.54, 1.807) is 0 Å². The van der Waals surface area contributed by atoms with Gasteiger partial charge in [-0.1, -0.05) is 13.8 Å². The molecule has 3 nitrogen and oxygen atoms in total. The van der Waals surface area contributed by atoms with Gasteiger partial charge in [-0.05, 0) is 42.4 Å². The molecule has 0 radical (unpaired) electrons. The lowest BCUT2D eigenvalue weighted by molar-refractivity contribution is 0.793. The first-order valence-corrected chi connectivity index (χ1v) is 5.92. The van der Waals surface area contributed by atoms with Crippen LogP contribution in [0.2, 0.25) is 0 Å². The Morgan fingerprint density at radius 3 is 2.50 bits per heavy atom. The third-order valence-corrected chi connectivity index (χ3v) is 2.94. The van der Waals surface area contributed by atoms with Crippen LogP contribution in [-0.2, 0) is 0 Å². The summed E-state index contributed by atoms with van der Waals surface area (Å²) in [6, 6.07) is 0. The molecule has 0 saturated carbocycles. The predicted molar refractivity (Wildman–Crippen MR) is 67.7 cm³/mol. The molecular weight excluding hydrogens is 289 g/mol. The zero-order chi connectivity index (χ0) is 10.7. The van der Waals surface area contributed by atoms with Gasteiger partial charge in [0.1, 0.15) is 11.6 Å². The fraction of sp³-hybridized carbons (Fsp3) is 0.600. The fourth-order valence-corrected chi connectivity index (χ4v) is 2.30. The second-order valence-corrected chi connectivity index (χ2v) is 4.58. The smallest absolute Gasteiger partial charge is 0.143 e. The minimum absolute atomic E-state index is 0.445. The van der Waals surface area contributed by atoms with E-state index in [4.69, 9.17) is 0 Å². The van der Waals surface area contributed by atoms with Crippen LogP contribution in [-0.4, -0.2) is 16.5 Å². The highest BCUT2D eigenvalue weighted by atomic mass is 127.